The predicted molar refractivity (Wildman–Crippen MR) is 113 cm³/mol. The minimum absolute atomic E-state index is 0.325. The van der Waals surface area contributed by atoms with Gasteiger partial charge in [-0.3, -0.25) is 9.59 Å². The minimum Gasteiger partial charge on any atom is -0.365 e. The largest absolute Gasteiger partial charge is 0.365 e. The summed E-state index contributed by atoms with van der Waals surface area (Å²) >= 11 is 13.3. The number of thiophene rings is 1. The third-order valence-electron chi connectivity index (χ3n) is 4.80. The number of hydrogen-bond acceptors (Lipinski definition) is 3. The molecule has 1 unspecified atom stereocenters. The Bertz CT molecular complexity index is 921. The average molecular weight is 423 g/mol. The lowest BCUT2D eigenvalue weighted by molar-refractivity contribution is -0.111. The van der Waals surface area contributed by atoms with Gasteiger partial charge >= 0.3 is 0 Å². The highest BCUT2D eigenvalue weighted by Crippen LogP contribution is 2.40. The number of rotatable bonds is 5. The van der Waals surface area contributed by atoms with E-state index in [-0.39, 0.29) is 5.91 Å². The maximum Gasteiger partial charge on any atom is 0.251 e. The van der Waals surface area contributed by atoms with Crippen LogP contribution in [0.1, 0.15) is 46.1 Å². The van der Waals surface area contributed by atoms with E-state index in [0.29, 0.717) is 26.5 Å². The van der Waals surface area contributed by atoms with E-state index in [1.165, 1.54) is 17.4 Å². The highest BCUT2D eigenvalue weighted by atomic mass is 35.5. The summed E-state index contributed by atoms with van der Waals surface area (Å²) in [4.78, 5) is 25.5. The van der Waals surface area contributed by atoms with Gasteiger partial charge in [0.2, 0.25) is 5.91 Å². The van der Waals surface area contributed by atoms with Crippen LogP contribution in [0.25, 0.3) is 6.08 Å². The highest BCUT2D eigenvalue weighted by molar-refractivity contribution is 7.17. The SMILES string of the molecule is CCC1CCc2c(sc(NC(=O)/C=C/c3ccc(Cl)c(Cl)c3)c2C(N)=O)C1. The molecule has 0 bridgehead atoms. The number of nitrogens with two attached hydrogens (primary N) is 1. The molecule has 1 aliphatic rings. The fourth-order valence-corrected chi connectivity index (χ4v) is 4.97. The second-order valence-electron chi connectivity index (χ2n) is 6.59. The molecule has 1 aliphatic carbocycles. The van der Waals surface area contributed by atoms with Crippen LogP contribution in [0.15, 0.2) is 24.3 Å². The molecule has 1 aromatic carbocycles. The molecule has 142 valence electrons. The number of fused-ring (bicyclic) bond motifs is 1. The van der Waals surface area contributed by atoms with E-state index in [0.717, 1.165) is 41.7 Å². The van der Waals surface area contributed by atoms with Gasteiger partial charge in [0.25, 0.3) is 5.91 Å². The number of nitrogens with one attached hydrogen (secondary N) is 1. The minimum atomic E-state index is -0.494. The maximum atomic E-state index is 12.3. The van der Waals surface area contributed by atoms with Crippen LogP contribution < -0.4 is 11.1 Å². The zero-order valence-electron chi connectivity index (χ0n) is 14.9. The van der Waals surface area contributed by atoms with Crippen molar-refractivity contribution >= 4 is 57.4 Å². The quantitative estimate of drug-likeness (QED) is 0.639. The number of carbonyl (C=O) groups is 2. The number of halogens is 2. The predicted octanol–water partition coefficient (Wildman–Crippen LogP) is 5.32. The first kappa shape index (κ1) is 19.9. The van der Waals surface area contributed by atoms with Crippen LogP contribution in [-0.4, -0.2) is 11.8 Å². The Morgan fingerprint density at radius 3 is 2.78 bits per heavy atom. The van der Waals surface area contributed by atoms with Crippen LogP contribution in [0, 0.1) is 5.92 Å². The van der Waals surface area contributed by atoms with Crippen molar-refractivity contribution in [2.24, 2.45) is 11.7 Å². The summed E-state index contributed by atoms with van der Waals surface area (Å²) < 4.78 is 0. The molecule has 0 radical (unpaired) electrons. The van der Waals surface area contributed by atoms with Crippen LogP contribution in [0.4, 0.5) is 5.00 Å². The Balaban J connectivity index is 1.79. The Hall–Kier alpha value is -1.82. The molecule has 0 aliphatic heterocycles. The lowest BCUT2D eigenvalue weighted by Crippen LogP contribution is -2.19. The summed E-state index contributed by atoms with van der Waals surface area (Å²) in [6.07, 6.45) is 6.96. The van der Waals surface area contributed by atoms with Crippen molar-refractivity contribution in [2.45, 2.75) is 32.6 Å². The van der Waals surface area contributed by atoms with Crippen molar-refractivity contribution in [2.75, 3.05) is 5.32 Å². The zero-order chi connectivity index (χ0) is 19.6. The van der Waals surface area contributed by atoms with E-state index in [4.69, 9.17) is 28.9 Å². The van der Waals surface area contributed by atoms with Crippen molar-refractivity contribution in [1.82, 2.24) is 0 Å². The monoisotopic (exact) mass is 422 g/mol. The van der Waals surface area contributed by atoms with Crippen molar-refractivity contribution in [3.05, 3.63) is 55.9 Å². The van der Waals surface area contributed by atoms with E-state index in [2.05, 4.69) is 12.2 Å². The third kappa shape index (κ3) is 4.54. The molecule has 2 aromatic rings. The summed E-state index contributed by atoms with van der Waals surface area (Å²) in [5.41, 5.74) is 7.81. The summed E-state index contributed by atoms with van der Waals surface area (Å²) in [7, 11) is 0. The molecule has 0 fully saturated rings. The van der Waals surface area contributed by atoms with E-state index < -0.39 is 5.91 Å². The van der Waals surface area contributed by atoms with Gasteiger partial charge < -0.3 is 11.1 Å². The van der Waals surface area contributed by atoms with E-state index >= 15 is 0 Å². The Morgan fingerprint density at radius 1 is 1.33 bits per heavy atom. The van der Waals surface area contributed by atoms with Gasteiger partial charge in [-0.2, -0.15) is 0 Å². The van der Waals surface area contributed by atoms with Gasteiger partial charge in [0.15, 0.2) is 0 Å². The van der Waals surface area contributed by atoms with Crippen molar-refractivity contribution < 1.29 is 9.59 Å². The van der Waals surface area contributed by atoms with Gasteiger partial charge in [-0.1, -0.05) is 42.6 Å². The van der Waals surface area contributed by atoms with E-state index in [1.54, 1.807) is 24.3 Å². The van der Waals surface area contributed by atoms with Gasteiger partial charge in [0.1, 0.15) is 5.00 Å². The first-order valence-electron chi connectivity index (χ1n) is 8.77. The normalized spacial score (nSPS) is 16.3. The highest BCUT2D eigenvalue weighted by Gasteiger charge is 2.27. The summed E-state index contributed by atoms with van der Waals surface area (Å²) in [5, 5.41) is 4.23. The number of amides is 2. The molecule has 4 nitrogen and oxygen atoms in total. The van der Waals surface area contributed by atoms with Crippen molar-refractivity contribution in [3.63, 3.8) is 0 Å². The fraction of sp³-hybridized carbons (Fsp3) is 0.300. The Kier molecular flexibility index (Phi) is 6.25. The first-order valence-corrected chi connectivity index (χ1v) is 10.3. The standard InChI is InChI=1S/C20H20Cl2N2O2S/c1-2-11-3-6-13-16(10-11)27-20(18(13)19(23)26)24-17(25)8-5-12-4-7-14(21)15(22)9-12/h4-5,7-9,11H,2-3,6,10H2,1H3,(H2,23,26)(H,24,25)/b8-5+. The van der Waals surface area contributed by atoms with Gasteiger partial charge in [-0.25, -0.2) is 0 Å². The second kappa shape index (κ2) is 8.46. The lowest BCUT2D eigenvalue weighted by atomic mass is 9.85. The molecule has 1 aromatic heterocycles. The topological polar surface area (TPSA) is 72.2 Å². The molecule has 0 spiro atoms. The zero-order valence-corrected chi connectivity index (χ0v) is 17.2. The van der Waals surface area contributed by atoms with Gasteiger partial charge in [-0.05, 0) is 54.5 Å². The summed E-state index contributed by atoms with van der Waals surface area (Å²) in [6.45, 7) is 2.18. The van der Waals surface area contributed by atoms with Crippen LogP contribution in [0.2, 0.25) is 10.0 Å². The summed E-state index contributed by atoms with van der Waals surface area (Å²) in [5.74, 6) is -0.199. The Morgan fingerprint density at radius 2 is 2.11 bits per heavy atom. The number of benzene rings is 1. The molecular formula is C20H20Cl2N2O2S. The van der Waals surface area contributed by atoms with E-state index in [9.17, 15) is 9.59 Å². The van der Waals surface area contributed by atoms with Gasteiger partial charge in [-0.15, -0.1) is 11.3 Å². The molecule has 1 atom stereocenters. The first-order chi connectivity index (χ1) is 12.9. The van der Waals surface area contributed by atoms with Crippen molar-refractivity contribution in [3.8, 4) is 0 Å². The molecule has 3 N–H and O–H groups in total. The second-order valence-corrected chi connectivity index (χ2v) is 8.50. The number of anilines is 1. The molecular weight excluding hydrogens is 403 g/mol. The molecule has 2 amide bonds. The molecule has 0 saturated heterocycles. The smallest absolute Gasteiger partial charge is 0.251 e. The number of carbonyl (C=O) groups excluding carboxylic acids is 2. The number of primary amides is 1. The third-order valence-corrected chi connectivity index (χ3v) is 6.71. The number of hydrogen-bond donors (Lipinski definition) is 2. The molecule has 3 rings (SSSR count). The fourth-order valence-electron chi connectivity index (χ4n) is 3.29. The van der Waals surface area contributed by atoms with Crippen LogP contribution >= 0.6 is 34.5 Å². The lowest BCUT2D eigenvalue weighted by Gasteiger charge is -2.20. The molecule has 1 heterocycles. The van der Waals surface area contributed by atoms with Gasteiger partial charge in [0.05, 0.1) is 15.6 Å². The molecule has 27 heavy (non-hydrogen) atoms. The van der Waals surface area contributed by atoms with Gasteiger partial charge in [0, 0.05) is 11.0 Å². The maximum absolute atomic E-state index is 12.3. The van der Waals surface area contributed by atoms with Crippen LogP contribution in [0.5, 0.6) is 0 Å². The summed E-state index contributed by atoms with van der Waals surface area (Å²) in [6, 6.07) is 5.11. The van der Waals surface area contributed by atoms with Crippen LogP contribution in [0.3, 0.4) is 0 Å². The molecule has 7 heteroatoms. The van der Waals surface area contributed by atoms with Crippen LogP contribution in [-0.2, 0) is 17.6 Å². The van der Waals surface area contributed by atoms with E-state index in [1.807, 2.05) is 0 Å². The Labute approximate surface area is 172 Å². The molecule has 0 saturated carbocycles. The average Bonchev–Trinajstić information content (AvgIpc) is 2.99. The van der Waals surface area contributed by atoms with Crippen molar-refractivity contribution in [1.29, 1.82) is 0 Å².